The van der Waals surface area contributed by atoms with Gasteiger partial charge in [-0.25, -0.2) is 0 Å². The predicted octanol–water partition coefficient (Wildman–Crippen LogP) is 16.2. The van der Waals surface area contributed by atoms with Gasteiger partial charge in [-0.15, -0.1) is 0 Å². The van der Waals surface area contributed by atoms with Gasteiger partial charge in [-0.2, -0.15) is 0 Å². The normalized spacial score (nSPS) is 13.5. The van der Waals surface area contributed by atoms with Crippen molar-refractivity contribution in [2.75, 3.05) is 14.2 Å². The molecule has 0 amide bonds. The van der Waals surface area contributed by atoms with E-state index in [0.29, 0.717) is 39.3 Å². The molecule has 0 unspecified atom stereocenters. The summed E-state index contributed by atoms with van der Waals surface area (Å²) >= 11 is 0. The Morgan fingerprint density at radius 3 is 0.955 bits per heavy atom. The number of carbonyl (C=O) groups excluding carboxylic acids is 10. The number of hydrogen-bond acceptors (Lipinski definition) is 13. The number of aliphatic hydroxyl groups is 1. The molecule has 1 N–H and O–H groups in total. The van der Waals surface area contributed by atoms with Crippen molar-refractivity contribution in [3.63, 3.8) is 0 Å². The van der Waals surface area contributed by atoms with Crippen LogP contribution in [-0.2, 0) is 36.0 Å². The van der Waals surface area contributed by atoms with Crippen LogP contribution in [0.25, 0.3) is 0 Å². The lowest BCUT2D eigenvalue weighted by Gasteiger charge is -2.23. The quantitative estimate of drug-likeness (QED) is 0.0569. The van der Waals surface area contributed by atoms with Crippen LogP contribution in [0.15, 0.2) is 127 Å². The molecule has 2 saturated carbocycles. The maximum absolute atomic E-state index is 12.3. The molecular formula is C76H98O13. The van der Waals surface area contributed by atoms with Crippen molar-refractivity contribution in [3.05, 3.63) is 166 Å². The highest BCUT2D eigenvalue weighted by atomic mass is 16.5. The van der Waals surface area contributed by atoms with Crippen molar-refractivity contribution in [1.29, 1.82) is 0 Å². The number of benzene rings is 5. The Hall–Kier alpha value is -7.64. The molecule has 2 aliphatic rings. The Balaban J connectivity index is 0.000000295. The average Bonchev–Trinajstić information content (AvgIpc) is 3.34. The first-order chi connectivity index (χ1) is 41.7. The van der Waals surface area contributed by atoms with Gasteiger partial charge in [0, 0.05) is 55.9 Å². The number of rotatable bonds is 20. The van der Waals surface area contributed by atoms with Crippen molar-refractivity contribution in [2.24, 2.45) is 28.1 Å². The van der Waals surface area contributed by atoms with E-state index < -0.39 is 16.2 Å². The summed E-state index contributed by atoms with van der Waals surface area (Å²) in [5.41, 5.74) is 3.33. The number of hydrogen-bond donors (Lipinski definition) is 1. The van der Waals surface area contributed by atoms with Crippen molar-refractivity contribution >= 4 is 57.8 Å². The van der Waals surface area contributed by atoms with Crippen molar-refractivity contribution in [2.45, 2.75) is 191 Å². The second kappa shape index (κ2) is 36.1. The number of ketones is 10. The Labute approximate surface area is 529 Å². The summed E-state index contributed by atoms with van der Waals surface area (Å²) in [7, 11) is 3.12. The van der Waals surface area contributed by atoms with Gasteiger partial charge in [0.25, 0.3) is 0 Å². The van der Waals surface area contributed by atoms with E-state index in [-0.39, 0.29) is 114 Å². The van der Waals surface area contributed by atoms with Gasteiger partial charge >= 0.3 is 0 Å². The Morgan fingerprint density at radius 1 is 0.360 bits per heavy atom. The van der Waals surface area contributed by atoms with E-state index in [1.807, 2.05) is 80.5 Å². The minimum atomic E-state index is -0.440. The van der Waals surface area contributed by atoms with E-state index in [1.165, 1.54) is 38.5 Å². The topological polar surface area (TPSA) is 209 Å². The van der Waals surface area contributed by atoms with Crippen LogP contribution < -0.4 is 9.47 Å². The number of Topliss-reactive ketones (excluding diaryl/α,β-unsaturated/α-hetero) is 10. The third-order valence-corrected chi connectivity index (χ3v) is 15.7. The molecule has 0 spiro atoms. The van der Waals surface area contributed by atoms with Crippen LogP contribution in [-0.4, -0.2) is 77.2 Å². The smallest absolute Gasteiger partial charge is 0.170 e. The highest BCUT2D eigenvalue weighted by molar-refractivity contribution is 6.14. The Kier molecular flexibility index (Phi) is 30.7. The summed E-state index contributed by atoms with van der Waals surface area (Å²) in [6, 6.07) is 36.4. The first-order valence-corrected chi connectivity index (χ1v) is 31.1. The van der Waals surface area contributed by atoms with Crippen molar-refractivity contribution in [3.8, 4) is 11.5 Å². The second-order valence-electron chi connectivity index (χ2n) is 27.1. The van der Waals surface area contributed by atoms with Gasteiger partial charge in [-0.05, 0) is 90.8 Å². The van der Waals surface area contributed by atoms with Crippen LogP contribution in [0.2, 0.25) is 0 Å². The van der Waals surface area contributed by atoms with Gasteiger partial charge < -0.3 is 14.6 Å². The first kappa shape index (κ1) is 75.6. The van der Waals surface area contributed by atoms with Crippen LogP contribution in [0.3, 0.4) is 0 Å². The molecule has 0 aromatic heterocycles. The van der Waals surface area contributed by atoms with Gasteiger partial charge in [-0.1, -0.05) is 200 Å². The van der Waals surface area contributed by atoms with Gasteiger partial charge in [0.05, 0.1) is 52.9 Å². The van der Waals surface area contributed by atoms with Crippen molar-refractivity contribution < 1.29 is 62.5 Å². The summed E-state index contributed by atoms with van der Waals surface area (Å²) in [4.78, 5) is 119. The highest BCUT2D eigenvalue weighted by Crippen LogP contribution is 2.30. The molecule has 13 heteroatoms. The second-order valence-corrected chi connectivity index (χ2v) is 27.1. The fourth-order valence-corrected chi connectivity index (χ4v) is 9.33. The number of ether oxygens (including phenoxy) is 2. The van der Waals surface area contributed by atoms with Gasteiger partial charge in [0.1, 0.15) is 40.4 Å². The summed E-state index contributed by atoms with van der Waals surface area (Å²) in [6.07, 6.45) is 11.3. The molecule has 5 aromatic rings. The van der Waals surface area contributed by atoms with Crippen molar-refractivity contribution in [1.82, 2.24) is 0 Å². The number of carbonyl (C=O) groups is 10. The molecule has 0 aliphatic heterocycles. The monoisotopic (exact) mass is 1220 g/mol. The maximum atomic E-state index is 12.3. The highest BCUT2D eigenvalue weighted by Gasteiger charge is 2.30. The summed E-state index contributed by atoms with van der Waals surface area (Å²) in [6.45, 7) is 22.8. The molecule has 13 nitrogen and oxygen atoms in total. The molecule has 0 saturated heterocycles. The summed E-state index contributed by atoms with van der Waals surface area (Å²) in [5.74, 6) is 1.35. The Bertz CT molecular complexity index is 3000. The minimum Gasteiger partial charge on any atom is -0.497 e. The molecule has 0 atom stereocenters. The molecule has 480 valence electrons. The van der Waals surface area contributed by atoms with Gasteiger partial charge in [-0.3, -0.25) is 47.9 Å². The standard InChI is InChI=1S/C20H22O3.C17H16O4.C15H24O2.C13H16O2.C11H20O2/c1-20(2,3)17-10-8-16(9-11-17)19(23)12-18(22)15-6-4-14(13-21)5-7-15;1-20-14-7-3-12(4-8-14)16(18)11-17(19)13-5-9-15(21-2)10-6-13;16-14(12-7-3-1-4-8-12)11-15(17)13-9-5-2-6-10-13;1-13(2,3)12(15)9-11(14)10-7-5-4-6-8-10;1-10(2,3)8(12)7-9(13)11(4,5)6/h4-11,21H,12-13H2,1-3H3;3-10H,11H2,1-2H3;12-13H,1-11H2;4-8H,9H2,1-3H3;7H2,1-6H3. The maximum Gasteiger partial charge on any atom is 0.170 e. The first-order valence-electron chi connectivity index (χ1n) is 31.1. The lowest BCUT2D eigenvalue weighted by Crippen LogP contribution is -2.28. The molecule has 0 heterocycles. The predicted molar refractivity (Wildman–Crippen MR) is 351 cm³/mol. The molecule has 5 aromatic carbocycles. The largest absolute Gasteiger partial charge is 0.497 e. The molecule has 89 heavy (non-hydrogen) atoms. The lowest BCUT2D eigenvalue weighted by molar-refractivity contribution is -0.135. The van der Waals surface area contributed by atoms with Crippen LogP contribution in [0, 0.1) is 28.1 Å². The zero-order valence-electron chi connectivity index (χ0n) is 55.4. The SMILES string of the molecule is CC(C)(C)C(=O)CC(=O)C(C)(C)C.CC(C)(C)C(=O)CC(=O)c1ccccc1.CC(C)(C)c1ccc(C(=O)CC(=O)c2ccc(CO)cc2)cc1.COc1ccc(C(=O)CC(=O)c2ccc(OC)cc2)cc1.O=C(CC(=O)C1CCCCC1)C1CCCCC1. The number of aliphatic hydroxyl groups excluding tert-OH is 1. The third-order valence-electron chi connectivity index (χ3n) is 15.7. The van der Waals surface area contributed by atoms with E-state index >= 15 is 0 Å². The zero-order chi connectivity index (χ0) is 66.7. The zero-order valence-corrected chi connectivity index (χ0v) is 55.4. The molecule has 7 rings (SSSR count). The van der Waals surface area contributed by atoms with E-state index in [1.54, 1.807) is 123 Å². The lowest BCUT2D eigenvalue weighted by atomic mass is 9.80. The van der Waals surface area contributed by atoms with Crippen LogP contribution in [0.5, 0.6) is 11.5 Å². The van der Waals surface area contributed by atoms with Crippen LogP contribution in [0.1, 0.15) is 242 Å². The molecular weight excluding hydrogens is 1120 g/mol. The van der Waals surface area contributed by atoms with Crippen LogP contribution >= 0.6 is 0 Å². The Morgan fingerprint density at radius 2 is 0.652 bits per heavy atom. The van der Waals surface area contributed by atoms with E-state index in [0.717, 1.165) is 36.8 Å². The third kappa shape index (κ3) is 27.3. The fraction of sp³-hybridized carbons (Fsp3) is 0.474. The molecule has 0 radical (unpaired) electrons. The average molecular weight is 1220 g/mol. The summed E-state index contributed by atoms with van der Waals surface area (Å²) in [5, 5.41) is 9.00. The van der Waals surface area contributed by atoms with Gasteiger partial charge in [0.15, 0.2) is 28.9 Å². The van der Waals surface area contributed by atoms with E-state index in [9.17, 15) is 47.9 Å². The molecule has 2 fully saturated rings. The molecule has 2 aliphatic carbocycles. The molecule has 0 bridgehead atoms. The van der Waals surface area contributed by atoms with E-state index in [2.05, 4.69) is 20.8 Å². The van der Waals surface area contributed by atoms with Crippen LogP contribution in [0.4, 0.5) is 0 Å². The minimum absolute atomic E-state index is 0.00644. The van der Waals surface area contributed by atoms with Gasteiger partial charge in [0.2, 0.25) is 0 Å². The number of methoxy groups -OCH3 is 2. The summed E-state index contributed by atoms with van der Waals surface area (Å²) < 4.78 is 10.1. The fourth-order valence-electron chi connectivity index (χ4n) is 9.33. The van der Waals surface area contributed by atoms with E-state index in [4.69, 9.17) is 14.6 Å².